The van der Waals surface area contributed by atoms with Crippen molar-refractivity contribution in [2.75, 3.05) is 53.7 Å². The first-order chi connectivity index (χ1) is 23.9. The Balaban J connectivity index is 1.65. The van der Waals surface area contributed by atoms with Crippen LogP contribution in [-0.2, 0) is 0 Å². The first-order valence-electron chi connectivity index (χ1n) is 15.4. The monoisotopic (exact) mass is 659 g/mol. The summed E-state index contributed by atoms with van der Waals surface area (Å²) in [7, 11) is 9.36. The molecule has 0 amide bonds. The van der Waals surface area contributed by atoms with Gasteiger partial charge in [-0.3, -0.25) is 0 Å². The average molecular weight is 660 g/mol. The third-order valence-corrected chi connectivity index (χ3v) is 8.10. The number of hydrogen-bond acceptors (Lipinski definition) is 11. The number of nitrogens with two attached hydrogens (primary N) is 1. The Kier molecular flexibility index (Phi) is 9.52. The number of nitrogen functional groups attached to an aromatic ring is 1. The van der Waals surface area contributed by atoms with Crippen LogP contribution in [0.3, 0.4) is 0 Å². The fraction of sp³-hybridized carbons (Fsp3) is 0.184. The summed E-state index contributed by atoms with van der Waals surface area (Å²) >= 11 is 0. The van der Waals surface area contributed by atoms with Crippen LogP contribution >= 0.6 is 0 Å². The molecule has 0 aliphatic carbocycles. The number of aromatic nitrogens is 3. The minimum atomic E-state index is -0.228. The highest BCUT2D eigenvalue weighted by Crippen LogP contribution is 2.46. The maximum atomic E-state index is 6.43. The molecule has 49 heavy (non-hydrogen) atoms. The third kappa shape index (κ3) is 6.38. The smallest absolute Gasteiger partial charge is 0.203 e. The number of hydrogen-bond donors (Lipinski definition) is 2. The summed E-state index contributed by atoms with van der Waals surface area (Å²) in [6, 6.07) is 29.2. The molecule has 11 nitrogen and oxygen atoms in total. The Bertz CT molecular complexity index is 2000. The molecule has 6 aromatic rings. The first-order valence-corrected chi connectivity index (χ1v) is 15.4. The lowest BCUT2D eigenvalue weighted by Gasteiger charge is -2.22. The van der Waals surface area contributed by atoms with Crippen LogP contribution in [-0.4, -0.2) is 57.6 Å². The molecule has 0 fully saturated rings. The van der Waals surface area contributed by atoms with Crippen LogP contribution in [0.15, 0.2) is 91.0 Å². The van der Waals surface area contributed by atoms with Crippen LogP contribution in [0.5, 0.6) is 34.5 Å². The molecule has 0 radical (unpaired) electrons. The Labute approximate surface area is 284 Å². The molecule has 0 atom stereocenters. The van der Waals surface area contributed by atoms with E-state index in [1.54, 1.807) is 48.7 Å². The Morgan fingerprint density at radius 2 is 0.959 bits per heavy atom. The number of pyridine rings is 1. The molecule has 2 heterocycles. The fourth-order valence-corrected chi connectivity index (χ4v) is 5.81. The van der Waals surface area contributed by atoms with Crippen molar-refractivity contribution in [3.05, 3.63) is 102 Å². The van der Waals surface area contributed by atoms with Crippen molar-refractivity contribution in [3.63, 3.8) is 0 Å². The van der Waals surface area contributed by atoms with E-state index in [9.17, 15) is 0 Å². The molecule has 0 saturated carbocycles. The van der Waals surface area contributed by atoms with Gasteiger partial charge in [0.25, 0.3) is 0 Å². The van der Waals surface area contributed by atoms with Crippen LogP contribution in [0.4, 0.5) is 11.5 Å². The number of rotatable bonds is 12. The van der Waals surface area contributed by atoms with Gasteiger partial charge in [-0.15, -0.1) is 0 Å². The van der Waals surface area contributed by atoms with Gasteiger partial charge in [-0.2, -0.15) is 0 Å². The van der Waals surface area contributed by atoms with Gasteiger partial charge >= 0.3 is 0 Å². The molecule has 0 unspecified atom stereocenters. The molecule has 0 spiro atoms. The van der Waals surface area contributed by atoms with Crippen LogP contribution in [0.1, 0.15) is 17.2 Å². The second kappa shape index (κ2) is 14.3. The van der Waals surface area contributed by atoms with Crippen molar-refractivity contribution in [1.29, 1.82) is 0 Å². The maximum Gasteiger partial charge on any atom is 0.203 e. The van der Waals surface area contributed by atoms with Gasteiger partial charge in [0.05, 0.1) is 65.8 Å². The van der Waals surface area contributed by atoms with Gasteiger partial charge in [0.1, 0.15) is 11.3 Å². The molecule has 4 aromatic carbocycles. The van der Waals surface area contributed by atoms with E-state index in [0.29, 0.717) is 73.9 Å². The Morgan fingerprint density at radius 3 is 1.37 bits per heavy atom. The van der Waals surface area contributed by atoms with Crippen molar-refractivity contribution in [2.24, 2.45) is 0 Å². The van der Waals surface area contributed by atoms with E-state index >= 15 is 0 Å². The highest BCUT2D eigenvalue weighted by atomic mass is 16.5. The SMILES string of the molecule is COc1cc(-c2nc3nc(N)cc(NC(c4ccccc4)c4ccccc4)c3nc2-c2cc(OC)c(OC)c(OC)c2)cc(OC)c1OC. The average Bonchev–Trinajstić information content (AvgIpc) is 3.15. The lowest BCUT2D eigenvalue weighted by molar-refractivity contribution is 0.324. The van der Waals surface area contributed by atoms with Gasteiger partial charge in [-0.25, -0.2) is 15.0 Å². The van der Waals surface area contributed by atoms with Gasteiger partial charge in [-0.05, 0) is 35.4 Å². The second-order valence-corrected chi connectivity index (χ2v) is 10.9. The van der Waals surface area contributed by atoms with Crippen molar-refractivity contribution in [1.82, 2.24) is 15.0 Å². The van der Waals surface area contributed by atoms with Crippen molar-refractivity contribution in [2.45, 2.75) is 6.04 Å². The molecular formula is C38H37N5O6. The molecule has 0 aliphatic heterocycles. The maximum absolute atomic E-state index is 6.43. The normalized spacial score (nSPS) is 10.9. The van der Waals surface area contributed by atoms with Gasteiger partial charge in [0.2, 0.25) is 11.5 Å². The second-order valence-electron chi connectivity index (χ2n) is 10.9. The largest absolute Gasteiger partial charge is 0.493 e. The highest BCUT2D eigenvalue weighted by Gasteiger charge is 2.24. The molecular weight excluding hydrogens is 622 g/mol. The predicted molar refractivity (Wildman–Crippen MR) is 190 cm³/mol. The van der Waals surface area contributed by atoms with Crippen LogP contribution < -0.4 is 39.5 Å². The van der Waals surface area contributed by atoms with Crippen molar-refractivity contribution < 1.29 is 28.4 Å². The number of fused-ring (bicyclic) bond motifs is 1. The van der Waals surface area contributed by atoms with Crippen LogP contribution in [0.25, 0.3) is 33.7 Å². The van der Waals surface area contributed by atoms with E-state index in [1.165, 1.54) is 0 Å². The van der Waals surface area contributed by atoms with Gasteiger partial charge in [-0.1, -0.05) is 60.7 Å². The molecule has 6 rings (SSSR count). The zero-order valence-corrected chi connectivity index (χ0v) is 28.1. The topological polar surface area (TPSA) is 132 Å². The van der Waals surface area contributed by atoms with E-state index in [0.717, 1.165) is 11.1 Å². The van der Waals surface area contributed by atoms with Gasteiger partial charge in [0, 0.05) is 17.2 Å². The minimum absolute atomic E-state index is 0.228. The summed E-state index contributed by atoms with van der Waals surface area (Å²) in [5, 5.41) is 3.70. The summed E-state index contributed by atoms with van der Waals surface area (Å²) in [5.74, 6) is 2.98. The number of ether oxygens (including phenoxy) is 6. The first kappa shape index (κ1) is 32.7. The summed E-state index contributed by atoms with van der Waals surface area (Å²) in [4.78, 5) is 15.0. The van der Waals surface area contributed by atoms with E-state index in [-0.39, 0.29) is 11.9 Å². The zero-order valence-electron chi connectivity index (χ0n) is 28.1. The molecule has 0 bridgehead atoms. The lowest BCUT2D eigenvalue weighted by atomic mass is 9.98. The molecule has 250 valence electrons. The van der Waals surface area contributed by atoms with E-state index < -0.39 is 0 Å². The van der Waals surface area contributed by atoms with Crippen molar-refractivity contribution in [3.8, 4) is 57.0 Å². The lowest BCUT2D eigenvalue weighted by Crippen LogP contribution is -2.14. The summed E-state index contributed by atoms with van der Waals surface area (Å²) < 4.78 is 34.0. The quantitative estimate of drug-likeness (QED) is 0.138. The van der Waals surface area contributed by atoms with Gasteiger partial charge in [0.15, 0.2) is 28.6 Å². The molecule has 0 aliphatic rings. The summed E-state index contributed by atoms with van der Waals surface area (Å²) in [5.41, 5.74) is 12.3. The number of nitrogens with one attached hydrogen (secondary N) is 1. The zero-order chi connectivity index (χ0) is 34.5. The molecule has 2 aromatic heterocycles. The standard InChI is InChI=1S/C38H37N5O6/c1-44-27-17-24(18-28(45-2)36(27)48-5)33-34(25-19-29(46-3)37(49-6)30(20-25)47-4)43-38-35(42-33)26(21-31(39)41-38)40-32(22-13-9-7-10-14-22)23-15-11-8-12-16-23/h7-21,32H,1-6H3,(H3,39,40,41,43). The summed E-state index contributed by atoms with van der Waals surface area (Å²) in [6.07, 6.45) is 0. The molecule has 3 N–H and O–H groups in total. The number of benzene rings is 4. The Morgan fingerprint density at radius 1 is 0.531 bits per heavy atom. The van der Waals surface area contributed by atoms with Crippen LogP contribution in [0.2, 0.25) is 0 Å². The van der Waals surface area contributed by atoms with E-state index in [4.69, 9.17) is 44.1 Å². The fourth-order valence-electron chi connectivity index (χ4n) is 5.81. The minimum Gasteiger partial charge on any atom is -0.493 e. The summed E-state index contributed by atoms with van der Waals surface area (Å²) in [6.45, 7) is 0. The van der Waals surface area contributed by atoms with Gasteiger partial charge < -0.3 is 39.5 Å². The van der Waals surface area contributed by atoms with E-state index in [1.807, 2.05) is 60.7 Å². The number of methoxy groups -OCH3 is 6. The van der Waals surface area contributed by atoms with Crippen molar-refractivity contribution >= 4 is 22.7 Å². The Hall–Kier alpha value is -6.23. The third-order valence-electron chi connectivity index (χ3n) is 8.10. The van der Waals surface area contributed by atoms with Crippen LogP contribution in [0, 0.1) is 0 Å². The number of anilines is 2. The molecule has 0 saturated heterocycles. The number of nitrogens with zero attached hydrogens (tertiary/aromatic N) is 3. The predicted octanol–water partition coefficient (Wildman–Crippen LogP) is 7.19. The molecule has 11 heteroatoms. The van der Waals surface area contributed by atoms with E-state index in [2.05, 4.69) is 34.6 Å². The highest BCUT2D eigenvalue weighted by molar-refractivity contribution is 5.93.